The van der Waals surface area contributed by atoms with E-state index in [1.54, 1.807) is 18.2 Å². The lowest BCUT2D eigenvalue weighted by Gasteiger charge is -2.36. The molecule has 4 N–H and O–H groups in total. The largest absolute Gasteiger partial charge is 0.397 e. The molecule has 1 saturated heterocycles. The molecule has 0 spiro atoms. The maximum Gasteiger partial charge on any atom is 0.225 e. The third-order valence-corrected chi connectivity index (χ3v) is 3.93. The molecule has 6 heteroatoms. The van der Waals surface area contributed by atoms with Gasteiger partial charge in [0, 0.05) is 24.5 Å². The molecule has 1 aliphatic heterocycles. The molecule has 0 bridgehead atoms. The number of carbonyl (C=O) groups is 1. The van der Waals surface area contributed by atoms with Gasteiger partial charge in [-0.3, -0.25) is 9.69 Å². The Kier molecular flexibility index (Phi) is 5.08. The van der Waals surface area contributed by atoms with Crippen LogP contribution in [-0.4, -0.2) is 41.1 Å². The van der Waals surface area contributed by atoms with Gasteiger partial charge >= 0.3 is 0 Å². The first-order valence-corrected chi connectivity index (χ1v) is 7.53. The van der Waals surface area contributed by atoms with Crippen LogP contribution in [0.5, 0.6) is 0 Å². The highest BCUT2D eigenvalue weighted by Gasteiger charge is 2.28. The Morgan fingerprint density at radius 2 is 2.33 bits per heavy atom. The number of aliphatic hydroxyl groups is 1. The highest BCUT2D eigenvalue weighted by molar-refractivity contribution is 6.31. The van der Waals surface area contributed by atoms with E-state index in [0.717, 1.165) is 19.4 Å². The van der Waals surface area contributed by atoms with Gasteiger partial charge in [-0.05, 0) is 44.5 Å². The molecule has 1 atom stereocenters. The molecule has 1 aliphatic rings. The number of amides is 1. The maximum absolute atomic E-state index is 12.0. The molecule has 1 aromatic rings. The van der Waals surface area contributed by atoms with Crippen LogP contribution in [0.25, 0.3) is 0 Å². The number of carbonyl (C=O) groups excluding carboxylic acids is 1. The molecule has 21 heavy (non-hydrogen) atoms. The van der Waals surface area contributed by atoms with Gasteiger partial charge in [0.15, 0.2) is 0 Å². The van der Waals surface area contributed by atoms with Crippen LogP contribution in [0.1, 0.15) is 26.2 Å². The number of nitrogen functional groups attached to an aromatic ring is 1. The van der Waals surface area contributed by atoms with Gasteiger partial charge in [-0.2, -0.15) is 0 Å². The Hall–Kier alpha value is -1.30. The molecule has 1 unspecified atom stereocenters. The number of nitrogens with zero attached hydrogens (tertiary/aromatic N) is 1. The molecule has 1 fully saturated rings. The Morgan fingerprint density at radius 1 is 1.57 bits per heavy atom. The topological polar surface area (TPSA) is 78.6 Å². The van der Waals surface area contributed by atoms with Crippen molar-refractivity contribution in [1.29, 1.82) is 0 Å². The van der Waals surface area contributed by atoms with Gasteiger partial charge < -0.3 is 16.2 Å². The van der Waals surface area contributed by atoms with Crippen molar-refractivity contribution in [3.8, 4) is 0 Å². The minimum absolute atomic E-state index is 0.0887. The highest BCUT2D eigenvalue weighted by Crippen LogP contribution is 2.23. The first-order chi connectivity index (χ1) is 9.85. The van der Waals surface area contributed by atoms with Crippen LogP contribution in [-0.2, 0) is 4.79 Å². The van der Waals surface area contributed by atoms with Crippen LogP contribution in [0, 0.1) is 0 Å². The van der Waals surface area contributed by atoms with Crippen molar-refractivity contribution in [2.45, 2.75) is 31.8 Å². The molecule has 0 aromatic heterocycles. The fourth-order valence-electron chi connectivity index (χ4n) is 2.63. The third-order valence-electron chi connectivity index (χ3n) is 3.70. The van der Waals surface area contributed by atoms with Crippen molar-refractivity contribution in [3.63, 3.8) is 0 Å². The van der Waals surface area contributed by atoms with E-state index in [2.05, 4.69) is 10.2 Å². The van der Waals surface area contributed by atoms with Crippen LogP contribution in [0.2, 0.25) is 5.02 Å². The summed E-state index contributed by atoms with van der Waals surface area (Å²) in [7, 11) is 0. The molecule has 116 valence electrons. The van der Waals surface area contributed by atoms with Gasteiger partial charge in [-0.1, -0.05) is 11.6 Å². The average molecular weight is 312 g/mol. The number of halogens is 1. The average Bonchev–Trinajstić information content (AvgIpc) is 2.39. The third kappa shape index (κ3) is 4.88. The monoisotopic (exact) mass is 311 g/mol. The number of nitrogens with one attached hydrogen (secondary N) is 1. The first-order valence-electron chi connectivity index (χ1n) is 7.15. The lowest BCUT2D eigenvalue weighted by molar-refractivity contribution is -0.117. The van der Waals surface area contributed by atoms with E-state index in [1.165, 1.54) is 0 Å². The summed E-state index contributed by atoms with van der Waals surface area (Å²) in [4.78, 5) is 14.1. The van der Waals surface area contributed by atoms with Gasteiger partial charge in [0.25, 0.3) is 0 Å². The molecule has 0 radical (unpaired) electrons. The Bertz CT molecular complexity index is 520. The minimum atomic E-state index is -0.644. The number of hydrogen-bond acceptors (Lipinski definition) is 4. The van der Waals surface area contributed by atoms with E-state index in [9.17, 15) is 9.90 Å². The second kappa shape index (κ2) is 6.64. The molecule has 2 rings (SSSR count). The van der Waals surface area contributed by atoms with Crippen LogP contribution in [0.3, 0.4) is 0 Å². The molecular formula is C15H22ClN3O2. The zero-order chi connectivity index (χ0) is 15.5. The zero-order valence-corrected chi connectivity index (χ0v) is 13.0. The van der Waals surface area contributed by atoms with Crippen LogP contribution in [0.4, 0.5) is 11.4 Å². The Morgan fingerprint density at radius 3 is 3.00 bits per heavy atom. The van der Waals surface area contributed by atoms with Gasteiger partial charge in [0.2, 0.25) is 5.91 Å². The molecule has 1 amide bonds. The van der Waals surface area contributed by atoms with E-state index in [-0.39, 0.29) is 5.91 Å². The lowest BCUT2D eigenvalue weighted by Crippen LogP contribution is -2.46. The van der Waals surface area contributed by atoms with Gasteiger partial charge in [-0.25, -0.2) is 0 Å². The molecule has 1 heterocycles. The van der Waals surface area contributed by atoms with E-state index < -0.39 is 5.60 Å². The summed E-state index contributed by atoms with van der Waals surface area (Å²) < 4.78 is 0. The van der Waals surface area contributed by atoms with E-state index in [4.69, 9.17) is 17.3 Å². The second-order valence-corrected chi connectivity index (χ2v) is 6.34. The predicted molar refractivity (Wildman–Crippen MR) is 85.4 cm³/mol. The molecule has 5 nitrogen and oxygen atoms in total. The van der Waals surface area contributed by atoms with E-state index in [1.807, 2.05) is 6.92 Å². The van der Waals surface area contributed by atoms with Crippen molar-refractivity contribution in [3.05, 3.63) is 23.2 Å². The molecular weight excluding hydrogens is 290 g/mol. The predicted octanol–water partition coefficient (Wildman–Crippen LogP) is 2.10. The number of nitrogens with two attached hydrogens (primary N) is 1. The van der Waals surface area contributed by atoms with Crippen molar-refractivity contribution < 1.29 is 9.90 Å². The Balaban J connectivity index is 1.82. The number of benzene rings is 1. The maximum atomic E-state index is 12.0. The van der Waals surface area contributed by atoms with Gasteiger partial charge in [-0.15, -0.1) is 0 Å². The van der Waals surface area contributed by atoms with E-state index >= 15 is 0 Å². The summed E-state index contributed by atoms with van der Waals surface area (Å²) in [6.07, 6.45) is 2.15. The molecule has 0 saturated carbocycles. The summed E-state index contributed by atoms with van der Waals surface area (Å²) in [5.74, 6) is -0.0887. The first kappa shape index (κ1) is 16.1. The normalized spacial score (nSPS) is 23.0. The van der Waals surface area contributed by atoms with Crippen LogP contribution < -0.4 is 11.1 Å². The van der Waals surface area contributed by atoms with Crippen molar-refractivity contribution in [2.75, 3.05) is 30.7 Å². The summed E-state index contributed by atoms with van der Waals surface area (Å²) in [6.45, 7) is 4.01. The van der Waals surface area contributed by atoms with Crippen molar-refractivity contribution in [2.24, 2.45) is 0 Å². The minimum Gasteiger partial charge on any atom is -0.397 e. The quantitative estimate of drug-likeness (QED) is 0.744. The number of piperidine rings is 1. The summed E-state index contributed by atoms with van der Waals surface area (Å²) in [5.41, 5.74) is 6.19. The zero-order valence-electron chi connectivity index (χ0n) is 12.2. The number of hydrogen-bond donors (Lipinski definition) is 3. The summed E-state index contributed by atoms with van der Waals surface area (Å²) >= 11 is 5.82. The summed E-state index contributed by atoms with van der Waals surface area (Å²) in [6, 6.07) is 5.00. The van der Waals surface area contributed by atoms with E-state index in [0.29, 0.717) is 35.9 Å². The van der Waals surface area contributed by atoms with Crippen molar-refractivity contribution >= 4 is 28.9 Å². The number of rotatable bonds is 4. The lowest BCUT2D eigenvalue weighted by atomic mass is 9.95. The van der Waals surface area contributed by atoms with Gasteiger partial charge in [0.1, 0.15) is 0 Å². The fraction of sp³-hybridized carbons (Fsp3) is 0.533. The summed E-state index contributed by atoms with van der Waals surface area (Å²) in [5, 5.41) is 13.4. The number of β-amino-alcohol motifs (C(OH)–C–C–N with tert-alkyl or cyclic N) is 1. The van der Waals surface area contributed by atoms with Crippen LogP contribution in [0.15, 0.2) is 18.2 Å². The van der Waals surface area contributed by atoms with Gasteiger partial charge in [0.05, 0.1) is 17.0 Å². The standard InChI is InChI=1S/C15H22ClN3O2/c1-15(21)6-2-7-19(10-15)8-5-14(20)18-13-4-3-11(16)9-12(13)17/h3-4,9,21H,2,5-8,10,17H2,1H3,(H,18,20). The fourth-order valence-corrected chi connectivity index (χ4v) is 2.81. The smallest absolute Gasteiger partial charge is 0.225 e. The SMILES string of the molecule is CC1(O)CCCN(CCC(=O)Nc2ccc(Cl)cc2N)C1. The van der Waals surface area contributed by atoms with Crippen LogP contribution >= 0.6 is 11.6 Å². The number of likely N-dealkylation sites (tertiary alicyclic amines) is 1. The van der Waals surface area contributed by atoms with Crippen molar-refractivity contribution in [1.82, 2.24) is 4.90 Å². The highest BCUT2D eigenvalue weighted by atomic mass is 35.5. The second-order valence-electron chi connectivity index (χ2n) is 5.91. The Labute approximate surface area is 130 Å². The number of anilines is 2. The molecule has 0 aliphatic carbocycles. The molecule has 1 aromatic carbocycles.